The van der Waals surface area contributed by atoms with Crippen LogP contribution < -0.4 is 20.3 Å². The van der Waals surface area contributed by atoms with Crippen LogP contribution in [0.3, 0.4) is 0 Å². The molecule has 0 fully saturated rings. The maximum atomic E-state index is 12.7. The van der Waals surface area contributed by atoms with Crippen LogP contribution in [0.25, 0.3) is 10.8 Å². The molecule has 30 heavy (non-hydrogen) atoms. The van der Waals surface area contributed by atoms with Crippen molar-refractivity contribution in [1.29, 1.82) is 0 Å². The van der Waals surface area contributed by atoms with E-state index in [-0.39, 0.29) is 18.3 Å². The zero-order chi connectivity index (χ0) is 20.5. The van der Waals surface area contributed by atoms with Gasteiger partial charge in [0.25, 0.3) is 11.5 Å². The number of rotatable bonds is 4. The molecule has 6 heteroatoms. The maximum Gasteiger partial charge on any atom is 0.257 e. The molecule has 6 nitrogen and oxygen atoms in total. The lowest BCUT2D eigenvalue weighted by molar-refractivity contribution is 0.102. The highest BCUT2D eigenvalue weighted by Crippen LogP contribution is 2.34. The monoisotopic (exact) mass is 398 g/mol. The van der Waals surface area contributed by atoms with Crippen LogP contribution in [0, 0.1) is 0 Å². The third-order valence-electron chi connectivity index (χ3n) is 5.10. The summed E-state index contributed by atoms with van der Waals surface area (Å²) in [4.78, 5) is 25.2. The molecule has 148 valence electrons. The van der Waals surface area contributed by atoms with Crippen LogP contribution in [0.15, 0.2) is 83.8 Å². The molecule has 0 saturated heterocycles. The van der Waals surface area contributed by atoms with Crippen molar-refractivity contribution in [2.45, 2.75) is 6.54 Å². The summed E-state index contributed by atoms with van der Waals surface area (Å²) in [6, 6.07) is 22.2. The molecule has 0 unspecified atom stereocenters. The molecule has 0 radical (unpaired) electrons. The Kier molecular flexibility index (Phi) is 4.44. The van der Waals surface area contributed by atoms with Gasteiger partial charge in [0.15, 0.2) is 11.5 Å². The number of carbonyl (C=O) groups excluding carboxylic acids is 1. The highest BCUT2D eigenvalue weighted by Gasteiger charge is 2.15. The minimum Gasteiger partial charge on any atom is -0.454 e. The van der Waals surface area contributed by atoms with Crippen molar-refractivity contribution in [3.05, 3.63) is 100 Å². The van der Waals surface area contributed by atoms with Gasteiger partial charge in [0.05, 0.1) is 12.1 Å². The van der Waals surface area contributed by atoms with Gasteiger partial charge in [0.1, 0.15) is 0 Å². The fraction of sp³-hybridized carbons (Fsp3) is 0.0833. The molecule has 5 rings (SSSR count). The van der Waals surface area contributed by atoms with E-state index in [9.17, 15) is 9.59 Å². The second kappa shape index (κ2) is 7.40. The predicted octanol–water partition coefficient (Wildman–Crippen LogP) is 4.03. The Hall–Kier alpha value is -4.06. The van der Waals surface area contributed by atoms with Crippen LogP contribution in [0.1, 0.15) is 15.9 Å². The Labute approximate surface area is 172 Å². The van der Waals surface area contributed by atoms with Crippen molar-refractivity contribution in [2.24, 2.45) is 0 Å². The van der Waals surface area contributed by atoms with E-state index >= 15 is 0 Å². The van der Waals surface area contributed by atoms with Gasteiger partial charge in [0, 0.05) is 24.0 Å². The number of ether oxygens (including phenoxy) is 2. The minimum absolute atomic E-state index is 0.164. The molecule has 0 aliphatic carbocycles. The first-order valence-corrected chi connectivity index (χ1v) is 9.55. The number of amides is 1. The summed E-state index contributed by atoms with van der Waals surface area (Å²) >= 11 is 0. The number of nitrogens with zero attached hydrogens (tertiary/aromatic N) is 1. The Balaban J connectivity index is 1.41. The average molecular weight is 398 g/mol. The number of aromatic nitrogens is 1. The predicted molar refractivity (Wildman–Crippen MR) is 114 cm³/mol. The van der Waals surface area contributed by atoms with Crippen LogP contribution in [0.4, 0.5) is 5.69 Å². The summed E-state index contributed by atoms with van der Waals surface area (Å²) < 4.78 is 12.2. The van der Waals surface area contributed by atoms with Gasteiger partial charge >= 0.3 is 0 Å². The fourth-order valence-electron chi connectivity index (χ4n) is 3.58. The van der Waals surface area contributed by atoms with E-state index in [1.165, 1.54) is 12.1 Å². The van der Waals surface area contributed by atoms with Gasteiger partial charge in [-0.1, -0.05) is 42.5 Å². The molecule has 0 atom stereocenters. The Morgan fingerprint density at radius 3 is 2.70 bits per heavy atom. The lowest BCUT2D eigenvalue weighted by Crippen LogP contribution is -2.22. The number of hydrogen-bond acceptors (Lipinski definition) is 4. The van der Waals surface area contributed by atoms with Crippen molar-refractivity contribution in [1.82, 2.24) is 4.57 Å². The van der Waals surface area contributed by atoms with Crippen LogP contribution in [0.2, 0.25) is 0 Å². The van der Waals surface area contributed by atoms with E-state index in [0.717, 1.165) is 16.3 Å². The largest absolute Gasteiger partial charge is 0.454 e. The van der Waals surface area contributed by atoms with E-state index in [4.69, 9.17) is 9.47 Å². The van der Waals surface area contributed by atoms with Gasteiger partial charge in [-0.2, -0.15) is 0 Å². The molecule has 1 amide bonds. The lowest BCUT2D eigenvalue weighted by Gasteiger charge is -2.11. The molecule has 0 saturated carbocycles. The molecule has 2 heterocycles. The fourth-order valence-corrected chi connectivity index (χ4v) is 3.58. The lowest BCUT2D eigenvalue weighted by atomic mass is 10.0. The first kappa shape index (κ1) is 18.0. The minimum atomic E-state index is -0.305. The summed E-state index contributed by atoms with van der Waals surface area (Å²) in [6.07, 6.45) is 1.59. The average Bonchev–Trinajstić information content (AvgIpc) is 3.23. The second-order valence-corrected chi connectivity index (χ2v) is 7.04. The van der Waals surface area contributed by atoms with Crippen LogP contribution in [0.5, 0.6) is 11.5 Å². The van der Waals surface area contributed by atoms with Gasteiger partial charge in [-0.05, 0) is 34.5 Å². The molecular weight excluding hydrogens is 380 g/mol. The van der Waals surface area contributed by atoms with Crippen molar-refractivity contribution >= 4 is 22.4 Å². The molecule has 1 N–H and O–H groups in total. The molecule has 3 aromatic carbocycles. The topological polar surface area (TPSA) is 69.6 Å². The van der Waals surface area contributed by atoms with E-state index < -0.39 is 0 Å². The number of anilines is 1. The highest BCUT2D eigenvalue weighted by molar-refractivity contribution is 6.04. The van der Waals surface area contributed by atoms with Gasteiger partial charge in [0.2, 0.25) is 6.79 Å². The summed E-state index contributed by atoms with van der Waals surface area (Å²) in [7, 11) is 0. The van der Waals surface area contributed by atoms with E-state index in [0.29, 0.717) is 29.3 Å². The molecule has 1 aliphatic heterocycles. The van der Waals surface area contributed by atoms with Crippen LogP contribution in [-0.4, -0.2) is 17.3 Å². The first-order chi connectivity index (χ1) is 14.7. The Bertz CT molecular complexity index is 1320. The second-order valence-electron chi connectivity index (χ2n) is 7.04. The van der Waals surface area contributed by atoms with Gasteiger partial charge in [-0.15, -0.1) is 0 Å². The third-order valence-corrected chi connectivity index (χ3v) is 5.10. The molecule has 1 aliphatic rings. The summed E-state index contributed by atoms with van der Waals surface area (Å²) in [5, 5.41) is 5.03. The number of pyridine rings is 1. The number of nitrogens with one attached hydrogen (secondary N) is 1. The van der Waals surface area contributed by atoms with Crippen LogP contribution >= 0.6 is 0 Å². The van der Waals surface area contributed by atoms with Crippen molar-refractivity contribution in [3.63, 3.8) is 0 Å². The molecule has 4 aromatic rings. The van der Waals surface area contributed by atoms with Gasteiger partial charge < -0.3 is 19.4 Å². The zero-order valence-corrected chi connectivity index (χ0v) is 16.0. The standard InChI is InChI=1S/C24H18N2O4/c27-23-11-8-18(24(28)25-19-9-10-21-22(12-19)30-15-29-21)14-26(23)13-17-6-3-5-16-4-1-2-7-20(16)17/h1-12,14H,13,15H2,(H,25,28). The van der Waals surface area contributed by atoms with Crippen molar-refractivity contribution < 1.29 is 14.3 Å². The van der Waals surface area contributed by atoms with Crippen molar-refractivity contribution in [2.75, 3.05) is 12.1 Å². The number of benzene rings is 3. The van der Waals surface area contributed by atoms with E-state index in [1.54, 1.807) is 29.0 Å². The molecule has 0 spiro atoms. The van der Waals surface area contributed by atoms with Gasteiger partial charge in [-0.25, -0.2) is 0 Å². The quantitative estimate of drug-likeness (QED) is 0.564. The summed E-state index contributed by atoms with van der Waals surface area (Å²) in [5.74, 6) is 0.936. The summed E-state index contributed by atoms with van der Waals surface area (Å²) in [6.45, 7) is 0.553. The Morgan fingerprint density at radius 2 is 1.77 bits per heavy atom. The smallest absolute Gasteiger partial charge is 0.257 e. The molecule has 0 bridgehead atoms. The first-order valence-electron chi connectivity index (χ1n) is 9.55. The van der Waals surface area contributed by atoms with Crippen LogP contribution in [-0.2, 0) is 6.54 Å². The van der Waals surface area contributed by atoms with E-state index in [2.05, 4.69) is 5.32 Å². The highest BCUT2D eigenvalue weighted by atomic mass is 16.7. The maximum absolute atomic E-state index is 12.7. The number of carbonyl (C=O) groups is 1. The zero-order valence-electron chi connectivity index (χ0n) is 16.0. The Morgan fingerprint density at radius 1 is 0.933 bits per heavy atom. The third kappa shape index (κ3) is 3.39. The van der Waals surface area contributed by atoms with Crippen molar-refractivity contribution in [3.8, 4) is 11.5 Å². The normalized spacial score (nSPS) is 12.1. The number of hydrogen-bond donors (Lipinski definition) is 1. The van der Waals surface area contributed by atoms with E-state index in [1.807, 2.05) is 42.5 Å². The number of fused-ring (bicyclic) bond motifs is 2. The summed E-state index contributed by atoms with van der Waals surface area (Å²) in [5.41, 5.74) is 1.84. The van der Waals surface area contributed by atoms with Gasteiger partial charge in [-0.3, -0.25) is 9.59 Å². The molecular formula is C24H18N2O4. The SMILES string of the molecule is O=C(Nc1ccc2c(c1)OCO2)c1ccc(=O)n(Cc2cccc3ccccc23)c1. The molecule has 1 aromatic heterocycles.